The Morgan fingerprint density at radius 3 is 2.23 bits per heavy atom. The zero-order chi connectivity index (χ0) is 16.2. The lowest BCUT2D eigenvalue weighted by Gasteiger charge is -2.18. The summed E-state index contributed by atoms with van der Waals surface area (Å²) in [6.07, 6.45) is -8.67. The zero-order valence-electron chi connectivity index (χ0n) is 11.3. The van der Waals surface area contributed by atoms with E-state index in [1.165, 1.54) is 18.2 Å². The van der Waals surface area contributed by atoms with Gasteiger partial charge in [0.1, 0.15) is 5.75 Å². The third kappa shape index (κ3) is 3.84. The third-order valence-corrected chi connectivity index (χ3v) is 2.90. The summed E-state index contributed by atoms with van der Waals surface area (Å²) >= 11 is 0. The van der Waals surface area contributed by atoms with E-state index in [2.05, 4.69) is 4.74 Å². The molecule has 0 radical (unpaired) electrons. The fraction of sp³-hybridized carbons (Fsp3) is 0.188. The summed E-state index contributed by atoms with van der Waals surface area (Å²) in [6, 6.07) is 13.8. The molecule has 0 saturated carbocycles. The average molecular weight is 312 g/mol. The molecule has 0 saturated heterocycles. The van der Waals surface area contributed by atoms with Crippen molar-refractivity contribution in [2.24, 2.45) is 0 Å². The Balaban J connectivity index is 2.23. The second-order valence-corrected chi connectivity index (χ2v) is 4.55. The fourth-order valence-corrected chi connectivity index (χ4v) is 1.85. The normalized spacial score (nSPS) is 11.5. The van der Waals surface area contributed by atoms with Gasteiger partial charge < -0.3 is 4.74 Å². The molecule has 116 valence electrons. The number of ether oxygens (including phenoxy) is 1. The first-order valence-electron chi connectivity index (χ1n) is 6.41. The molecule has 6 heteroatoms. The summed E-state index contributed by atoms with van der Waals surface area (Å²) in [6.45, 7) is 0. The molecule has 0 atom stereocenters. The van der Waals surface area contributed by atoms with E-state index < -0.39 is 24.1 Å². The summed E-state index contributed by atoms with van der Waals surface area (Å²) in [4.78, 5) is 12.2. The lowest BCUT2D eigenvalue weighted by Crippen LogP contribution is -2.34. The maximum atomic E-state index is 13.0. The molecule has 0 spiro atoms. The molecule has 0 aliphatic heterocycles. The Hall–Kier alpha value is -2.37. The van der Waals surface area contributed by atoms with Crippen LogP contribution in [0.5, 0.6) is 5.75 Å². The average Bonchev–Trinajstić information content (AvgIpc) is 2.48. The van der Waals surface area contributed by atoms with Crippen molar-refractivity contribution in [3.8, 4) is 5.75 Å². The van der Waals surface area contributed by atoms with Crippen molar-refractivity contribution in [2.45, 2.75) is 19.0 Å². The minimum atomic E-state index is -4.65. The first-order chi connectivity index (χ1) is 10.4. The Morgan fingerprint density at radius 2 is 1.59 bits per heavy atom. The van der Waals surface area contributed by atoms with E-state index in [9.17, 15) is 22.4 Å². The molecule has 22 heavy (non-hydrogen) atoms. The summed E-state index contributed by atoms with van der Waals surface area (Å²) in [5.41, 5.74) is 0.523. The van der Waals surface area contributed by atoms with Crippen LogP contribution in [0, 0.1) is 0 Å². The number of carbonyl (C=O) groups is 1. The van der Waals surface area contributed by atoms with E-state index in [4.69, 9.17) is 0 Å². The van der Waals surface area contributed by atoms with Crippen LogP contribution in [0.3, 0.4) is 0 Å². The molecule has 2 aromatic carbocycles. The highest BCUT2D eigenvalue weighted by molar-refractivity contribution is 5.99. The Morgan fingerprint density at radius 1 is 1.00 bits per heavy atom. The molecule has 0 unspecified atom stereocenters. The number of halogens is 4. The number of carbonyl (C=O) groups excluding carboxylic acids is 1. The maximum absolute atomic E-state index is 13.0. The lowest BCUT2D eigenvalue weighted by atomic mass is 10.0. The number of Topliss-reactive ketones (excluding diaryl/α,β-unsaturated/α-hetero) is 1. The van der Waals surface area contributed by atoms with Crippen LogP contribution in [-0.4, -0.2) is 18.3 Å². The first-order valence-corrected chi connectivity index (χ1v) is 6.41. The van der Waals surface area contributed by atoms with Crippen molar-refractivity contribution in [1.29, 1.82) is 0 Å². The van der Waals surface area contributed by atoms with E-state index >= 15 is 0 Å². The number of rotatable bonds is 6. The van der Waals surface area contributed by atoms with Gasteiger partial charge in [-0.2, -0.15) is 17.6 Å². The minimum Gasteiger partial charge on any atom is -0.428 e. The van der Waals surface area contributed by atoms with Gasteiger partial charge >= 0.3 is 12.5 Å². The molecule has 0 bridgehead atoms. The van der Waals surface area contributed by atoms with Gasteiger partial charge in [-0.25, -0.2) is 0 Å². The van der Waals surface area contributed by atoms with Crippen LogP contribution in [0.4, 0.5) is 17.6 Å². The molecular weight excluding hydrogens is 300 g/mol. The van der Waals surface area contributed by atoms with E-state index in [0.29, 0.717) is 5.56 Å². The van der Waals surface area contributed by atoms with Crippen LogP contribution in [0.15, 0.2) is 54.6 Å². The van der Waals surface area contributed by atoms with Crippen molar-refractivity contribution >= 4 is 5.78 Å². The highest BCUT2D eigenvalue weighted by Crippen LogP contribution is 2.30. The monoisotopic (exact) mass is 312 g/mol. The molecule has 0 aliphatic carbocycles. The molecule has 2 rings (SSSR count). The van der Waals surface area contributed by atoms with Gasteiger partial charge in [0.15, 0.2) is 5.78 Å². The van der Waals surface area contributed by atoms with Gasteiger partial charge in [-0.3, -0.25) is 4.79 Å². The first kappa shape index (κ1) is 16.0. The highest BCUT2D eigenvalue weighted by atomic mass is 19.3. The van der Waals surface area contributed by atoms with Crippen molar-refractivity contribution in [1.82, 2.24) is 0 Å². The number of hydrogen-bond acceptors (Lipinski definition) is 2. The number of hydrogen-bond donors (Lipinski definition) is 0. The van der Waals surface area contributed by atoms with Gasteiger partial charge in [0, 0.05) is 6.42 Å². The zero-order valence-corrected chi connectivity index (χ0v) is 11.3. The van der Waals surface area contributed by atoms with Crippen LogP contribution in [0.1, 0.15) is 15.9 Å². The molecule has 0 aromatic heterocycles. The predicted molar refractivity (Wildman–Crippen MR) is 72.5 cm³/mol. The molecule has 0 aliphatic rings. The van der Waals surface area contributed by atoms with E-state index in [1.807, 2.05) is 0 Å². The Kier molecular flexibility index (Phi) is 4.80. The van der Waals surface area contributed by atoms with Crippen molar-refractivity contribution in [2.75, 3.05) is 0 Å². The van der Waals surface area contributed by atoms with Gasteiger partial charge in [-0.15, -0.1) is 0 Å². The molecule has 0 N–H and O–H groups in total. The summed E-state index contributed by atoms with van der Waals surface area (Å²) in [5.74, 6) is -1.06. The Bertz CT molecular complexity index is 642. The second kappa shape index (κ2) is 6.60. The maximum Gasteiger partial charge on any atom is 0.461 e. The van der Waals surface area contributed by atoms with E-state index in [-0.39, 0.29) is 12.0 Å². The number of alkyl halides is 4. The van der Waals surface area contributed by atoms with Crippen LogP contribution in [0.25, 0.3) is 0 Å². The van der Waals surface area contributed by atoms with Crippen molar-refractivity contribution in [3.63, 3.8) is 0 Å². The topological polar surface area (TPSA) is 26.3 Å². The molecule has 0 fully saturated rings. The third-order valence-electron chi connectivity index (χ3n) is 2.90. The number of para-hydroxylation sites is 1. The minimum absolute atomic E-state index is 0.0402. The number of benzene rings is 2. The standard InChI is InChI=1S/C16H12F4O2/c17-15(18)16(19,20)22-14-9-5-4-8-12(14)13(21)10-11-6-2-1-3-7-11/h1-9,15H,10H2. The summed E-state index contributed by atoms with van der Waals surface area (Å²) in [5, 5.41) is 0. The van der Waals surface area contributed by atoms with Crippen molar-refractivity contribution < 1.29 is 27.1 Å². The number of ketones is 1. The van der Waals surface area contributed by atoms with Crippen LogP contribution < -0.4 is 4.74 Å². The van der Waals surface area contributed by atoms with Gasteiger partial charge in [0.05, 0.1) is 5.56 Å². The van der Waals surface area contributed by atoms with Crippen LogP contribution >= 0.6 is 0 Å². The fourth-order valence-electron chi connectivity index (χ4n) is 1.85. The van der Waals surface area contributed by atoms with Gasteiger partial charge in [-0.05, 0) is 17.7 Å². The molecule has 0 amide bonds. The van der Waals surface area contributed by atoms with Gasteiger partial charge in [-0.1, -0.05) is 42.5 Å². The SMILES string of the molecule is O=C(Cc1ccccc1)c1ccccc1OC(F)(F)C(F)F. The van der Waals surface area contributed by atoms with Gasteiger partial charge in [0.25, 0.3) is 0 Å². The molecule has 0 heterocycles. The predicted octanol–water partition coefficient (Wildman–Crippen LogP) is 4.35. The van der Waals surface area contributed by atoms with E-state index in [1.54, 1.807) is 30.3 Å². The summed E-state index contributed by atoms with van der Waals surface area (Å²) in [7, 11) is 0. The molecular formula is C16H12F4O2. The quantitative estimate of drug-likeness (QED) is 0.585. The van der Waals surface area contributed by atoms with Crippen LogP contribution in [-0.2, 0) is 6.42 Å². The Labute approximate surface area is 124 Å². The van der Waals surface area contributed by atoms with Crippen LogP contribution in [0.2, 0.25) is 0 Å². The summed E-state index contributed by atoms with van der Waals surface area (Å²) < 4.78 is 54.5. The molecule has 2 aromatic rings. The highest BCUT2D eigenvalue weighted by Gasteiger charge is 2.44. The largest absolute Gasteiger partial charge is 0.461 e. The molecule has 2 nitrogen and oxygen atoms in total. The van der Waals surface area contributed by atoms with Crippen molar-refractivity contribution in [3.05, 3.63) is 65.7 Å². The van der Waals surface area contributed by atoms with Gasteiger partial charge in [0.2, 0.25) is 0 Å². The second-order valence-electron chi connectivity index (χ2n) is 4.55. The van der Waals surface area contributed by atoms with E-state index in [0.717, 1.165) is 6.07 Å². The smallest absolute Gasteiger partial charge is 0.428 e. The lowest BCUT2D eigenvalue weighted by molar-refractivity contribution is -0.253.